The number of nitrogens with two attached hydrogens (primary N) is 1. The Kier molecular flexibility index (Phi) is 5.28. The van der Waals surface area contributed by atoms with Crippen LogP contribution in [0.15, 0.2) is 53.4 Å². The third-order valence-electron chi connectivity index (χ3n) is 4.45. The van der Waals surface area contributed by atoms with Crippen molar-refractivity contribution in [3.05, 3.63) is 63.9 Å². The zero-order chi connectivity index (χ0) is 20.4. The normalized spacial score (nSPS) is 13.7. The van der Waals surface area contributed by atoms with E-state index in [1.54, 1.807) is 0 Å². The molecule has 0 radical (unpaired) electrons. The van der Waals surface area contributed by atoms with Gasteiger partial charge in [0.1, 0.15) is 12.1 Å². The molecule has 29 heavy (non-hydrogen) atoms. The number of hydrogen-bond donors (Lipinski definition) is 2. The lowest BCUT2D eigenvalue weighted by Crippen LogP contribution is -2.26. The van der Waals surface area contributed by atoms with Gasteiger partial charge >= 0.3 is 5.69 Å². The summed E-state index contributed by atoms with van der Waals surface area (Å²) < 4.78 is 20.7. The van der Waals surface area contributed by atoms with Gasteiger partial charge in [-0.25, -0.2) is 13.9 Å². The van der Waals surface area contributed by atoms with Gasteiger partial charge in [0, 0.05) is 16.3 Å². The van der Waals surface area contributed by atoms with E-state index in [0.717, 1.165) is 15.3 Å². The molecule has 0 saturated carbocycles. The van der Waals surface area contributed by atoms with E-state index in [1.807, 2.05) is 30.3 Å². The Hall–Kier alpha value is -3.24. The smallest absolute Gasteiger partial charge is 0.346 e. The van der Waals surface area contributed by atoms with Gasteiger partial charge in [-0.1, -0.05) is 0 Å². The molecular weight excluding hydrogens is 397 g/mol. The number of benzene rings is 1. The molecular formula is C19H18FN5O3S. The van der Waals surface area contributed by atoms with Crippen LogP contribution < -0.4 is 21.5 Å². The highest BCUT2D eigenvalue weighted by molar-refractivity contribution is 7.15. The Labute approximate surface area is 169 Å². The van der Waals surface area contributed by atoms with E-state index in [4.69, 9.17) is 10.5 Å². The molecule has 0 saturated heterocycles. The number of anilines is 1. The quantitative estimate of drug-likeness (QED) is 0.641. The van der Waals surface area contributed by atoms with E-state index in [-0.39, 0.29) is 31.3 Å². The number of halogens is 1. The van der Waals surface area contributed by atoms with Crippen LogP contribution in [0.2, 0.25) is 0 Å². The number of rotatable bonds is 6. The molecule has 150 valence electrons. The van der Waals surface area contributed by atoms with E-state index in [2.05, 4.69) is 10.4 Å². The second kappa shape index (κ2) is 8.02. The molecule has 0 spiro atoms. The summed E-state index contributed by atoms with van der Waals surface area (Å²) in [6, 6.07) is 9.51. The zero-order valence-corrected chi connectivity index (χ0v) is 16.1. The SMILES string of the molecule is NC/C(=C/F)Cn1ncn(Cc2ccc(-c3ccc4c(c3)NC(=O)CO4)s2)c1=O. The molecule has 1 aromatic carbocycles. The fraction of sp³-hybridized carbons (Fsp3) is 0.211. The molecule has 1 amide bonds. The average Bonchev–Trinajstić information content (AvgIpc) is 3.33. The molecule has 10 heteroatoms. The maximum Gasteiger partial charge on any atom is 0.346 e. The van der Waals surface area contributed by atoms with E-state index < -0.39 is 0 Å². The summed E-state index contributed by atoms with van der Waals surface area (Å²) in [6.45, 7) is 0.422. The number of carbonyl (C=O) groups is 1. The Morgan fingerprint density at radius 3 is 3.00 bits per heavy atom. The van der Waals surface area contributed by atoms with Crippen LogP contribution in [-0.2, 0) is 17.9 Å². The summed E-state index contributed by atoms with van der Waals surface area (Å²) in [4.78, 5) is 25.9. The van der Waals surface area contributed by atoms with Crippen molar-refractivity contribution in [3.8, 4) is 16.2 Å². The van der Waals surface area contributed by atoms with E-state index >= 15 is 0 Å². The van der Waals surface area contributed by atoms with Crippen molar-refractivity contribution in [1.29, 1.82) is 0 Å². The Morgan fingerprint density at radius 2 is 2.21 bits per heavy atom. The number of hydrogen-bond acceptors (Lipinski definition) is 6. The lowest BCUT2D eigenvalue weighted by Gasteiger charge is -2.18. The predicted octanol–water partition coefficient (Wildman–Crippen LogP) is 1.96. The molecule has 0 fully saturated rings. The molecule has 3 N–H and O–H groups in total. The first-order chi connectivity index (χ1) is 14.1. The number of nitrogens with one attached hydrogen (secondary N) is 1. The first kappa shape index (κ1) is 19.1. The molecule has 0 bridgehead atoms. The highest BCUT2D eigenvalue weighted by Gasteiger charge is 2.17. The molecule has 3 heterocycles. The highest BCUT2D eigenvalue weighted by Crippen LogP contribution is 2.35. The molecule has 0 aliphatic carbocycles. The second-order valence-electron chi connectivity index (χ2n) is 6.48. The van der Waals surface area contributed by atoms with Gasteiger partial charge < -0.3 is 15.8 Å². The van der Waals surface area contributed by atoms with Crippen LogP contribution in [-0.4, -0.2) is 33.4 Å². The minimum absolute atomic E-state index is 0.0197. The summed E-state index contributed by atoms with van der Waals surface area (Å²) >= 11 is 1.53. The van der Waals surface area contributed by atoms with E-state index in [1.165, 1.54) is 26.9 Å². The van der Waals surface area contributed by atoms with Crippen molar-refractivity contribution < 1.29 is 13.9 Å². The molecule has 2 aromatic heterocycles. The summed E-state index contributed by atoms with van der Waals surface area (Å²) in [5, 5.41) is 6.82. The van der Waals surface area contributed by atoms with Crippen molar-refractivity contribution in [2.24, 2.45) is 5.73 Å². The van der Waals surface area contributed by atoms with Crippen LogP contribution in [0.4, 0.5) is 10.1 Å². The van der Waals surface area contributed by atoms with Gasteiger partial charge in [-0.05, 0) is 41.5 Å². The summed E-state index contributed by atoms with van der Waals surface area (Å²) in [6.07, 6.45) is 1.84. The minimum Gasteiger partial charge on any atom is -0.482 e. The minimum atomic E-state index is -0.332. The average molecular weight is 415 g/mol. The first-order valence-corrected chi connectivity index (χ1v) is 9.65. The van der Waals surface area contributed by atoms with E-state index in [0.29, 0.717) is 29.9 Å². The van der Waals surface area contributed by atoms with Crippen LogP contribution in [0.5, 0.6) is 5.75 Å². The van der Waals surface area contributed by atoms with Gasteiger partial charge in [-0.15, -0.1) is 11.3 Å². The van der Waals surface area contributed by atoms with Gasteiger partial charge in [0.05, 0.1) is 25.1 Å². The van der Waals surface area contributed by atoms with Gasteiger partial charge in [-0.2, -0.15) is 5.10 Å². The van der Waals surface area contributed by atoms with Gasteiger partial charge in [0.25, 0.3) is 5.91 Å². The van der Waals surface area contributed by atoms with Crippen LogP contribution in [0, 0.1) is 0 Å². The van der Waals surface area contributed by atoms with Crippen LogP contribution >= 0.6 is 11.3 Å². The molecule has 1 aliphatic rings. The number of carbonyl (C=O) groups excluding carboxylic acids is 1. The number of amides is 1. The third kappa shape index (κ3) is 3.98. The van der Waals surface area contributed by atoms with Crippen LogP contribution in [0.3, 0.4) is 0 Å². The largest absolute Gasteiger partial charge is 0.482 e. The van der Waals surface area contributed by atoms with Crippen LogP contribution in [0.1, 0.15) is 4.88 Å². The maximum atomic E-state index is 12.7. The van der Waals surface area contributed by atoms with Crippen molar-refractivity contribution in [2.75, 3.05) is 18.5 Å². The van der Waals surface area contributed by atoms with Crippen molar-refractivity contribution in [3.63, 3.8) is 0 Å². The zero-order valence-electron chi connectivity index (χ0n) is 15.3. The van der Waals surface area contributed by atoms with Crippen molar-refractivity contribution >= 4 is 22.9 Å². The predicted molar refractivity (Wildman–Crippen MR) is 108 cm³/mol. The maximum absolute atomic E-state index is 12.7. The molecule has 3 aromatic rings. The Bertz CT molecular complexity index is 1150. The Balaban J connectivity index is 1.52. The lowest BCUT2D eigenvalue weighted by molar-refractivity contribution is -0.118. The Morgan fingerprint density at radius 1 is 1.34 bits per heavy atom. The van der Waals surface area contributed by atoms with Gasteiger partial charge in [-0.3, -0.25) is 9.36 Å². The lowest BCUT2D eigenvalue weighted by atomic mass is 10.1. The first-order valence-electron chi connectivity index (χ1n) is 8.83. The number of aromatic nitrogens is 3. The third-order valence-corrected chi connectivity index (χ3v) is 5.57. The van der Waals surface area contributed by atoms with Gasteiger partial charge in [0.15, 0.2) is 6.61 Å². The fourth-order valence-corrected chi connectivity index (χ4v) is 3.95. The molecule has 1 aliphatic heterocycles. The van der Waals surface area contributed by atoms with Crippen molar-refractivity contribution in [2.45, 2.75) is 13.1 Å². The number of thiophene rings is 1. The van der Waals surface area contributed by atoms with Crippen LogP contribution in [0.25, 0.3) is 10.4 Å². The molecule has 4 rings (SSSR count). The summed E-state index contributed by atoms with van der Waals surface area (Å²) in [7, 11) is 0. The molecule has 0 unspecified atom stereocenters. The highest BCUT2D eigenvalue weighted by atomic mass is 32.1. The second-order valence-corrected chi connectivity index (χ2v) is 7.65. The molecule has 0 atom stereocenters. The monoisotopic (exact) mass is 415 g/mol. The van der Waals surface area contributed by atoms with Crippen molar-refractivity contribution in [1.82, 2.24) is 14.3 Å². The van der Waals surface area contributed by atoms with Gasteiger partial charge in [0.2, 0.25) is 0 Å². The number of nitrogens with zero attached hydrogens (tertiary/aromatic N) is 3. The standard InChI is InChI=1S/C19H18FN5O3S/c20-6-12(7-21)8-25-19(27)24(11-22-25)9-14-2-4-17(29-14)13-1-3-16-15(5-13)23-18(26)10-28-16/h1-6,11H,7-10,21H2,(H,23,26)/b12-6-. The number of ether oxygens (including phenoxy) is 1. The topological polar surface area (TPSA) is 104 Å². The fourth-order valence-electron chi connectivity index (χ4n) is 2.95. The molecule has 8 nitrogen and oxygen atoms in total. The summed E-state index contributed by atoms with van der Waals surface area (Å²) in [5.41, 5.74) is 6.97. The van der Waals surface area contributed by atoms with E-state index in [9.17, 15) is 14.0 Å². The number of fused-ring (bicyclic) bond motifs is 1. The summed E-state index contributed by atoms with van der Waals surface area (Å²) in [5.74, 6) is 0.460.